The zero-order valence-electron chi connectivity index (χ0n) is 12.7. The maximum absolute atomic E-state index is 9.58. The van der Waals surface area contributed by atoms with Gasteiger partial charge in [0.15, 0.2) is 0 Å². The Morgan fingerprint density at radius 2 is 1.50 bits per heavy atom. The van der Waals surface area contributed by atoms with Gasteiger partial charge in [-0.1, -0.05) is 51.9 Å². The smallest absolute Gasteiger partial charge is 0.0899 e. The van der Waals surface area contributed by atoms with E-state index < -0.39 is 0 Å². The third-order valence-electron chi connectivity index (χ3n) is 3.03. The number of nitrogens with zero attached hydrogens (tertiary/aromatic N) is 1. The molecular formula is C15H33NO2. The Bertz CT molecular complexity index is 163. The molecule has 0 aliphatic rings. The number of ether oxygens (including phenoxy) is 1. The number of aliphatic hydroxyl groups is 1. The molecule has 0 aromatic rings. The van der Waals surface area contributed by atoms with Crippen LogP contribution in [-0.4, -0.2) is 50.0 Å². The Kier molecular flexibility index (Phi) is 13.2. The predicted octanol–water partition coefficient (Wildman–Crippen LogP) is 3.07. The van der Waals surface area contributed by atoms with E-state index >= 15 is 0 Å². The van der Waals surface area contributed by atoms with E-state index in [-0.39, 0.29) is 6.10 Å². The molecule has 18 heavy (non-hydrogen) atoms. The van der Waals surface area contributed by atoms with Crippen LogP contribution in [0.4, 0.5) is 0 Å². The van der Waals surface area contributed by atoms with Gasteiger partial charge in [0.25, 0.3) is 0 Å². The summed E-state index contributed by atoms with van der Waals surface area (Å²) in [4.78, 5) is 1.98. The van der Waals surface area contributed by atoms with Gasteiger partial charge in [-0.3, -0.25) is 0 Å². The molecule has 3 heteroatoms. The highest BCUT2D eigenvalue weighted by Gasteiger charge is 2.04. The van der Waals surface area contributed by atoms with E-state index in [4.69, 9.17) is 4.74 Å². The molecule has 0 heterocycles. The molecule has 0 radical (unpaired) electrons. The summed E-state index contributed by atoms with van der Waals surface area (Å²) >= 11 is 0. The molecule has 0 saturated carbocycles. The average molecular weight is 259 g/mol. The molecule has 0 aliphatic carbocycles. The Morgan fingerprint density at radius 3 is 2.06 bits per heavy atom. The summed E-state index contributed by atoms with van der Waals surface area (Å²) in [5, 5.41) is 9.58. The summed E-state index contributed by atoms with van der Waals surface area (Å²) < 4.78 is 5.46. The second-order valence-corrected chi connectivity index (χ2v) is 5.47. The van der Waals surface area contributed by atoms with Gasteiger partial charge in [-0.25, -0.2) is 0 Å². The Labute approximate surface area is 114 Å². The monoisotopic (exact) mass is 259 g/mol. The third kappa shape index (κ3) is 13.9. The fourth-order valence-corrected chi connectivity index (χ4v) is 2.03. The fraction of sp³-hybridized carbons (Fsp3) is 1.00. The maximum Gasteiger partial charge on any atom is 0.0899 e. The van der Waals surface area contributed by atoms with Gasteiger partial charge in [0.05, 0.1) is 12.7 Å². The van der Waals surface area contributed by atoms with Crippen LogP contribution in [0.2, 0.25) is 0 Å². The molecule has 0 aliphatic heterocycles. The van der Waals surface area contributed by atoms with Gasteiger partial charge < -0.3 is 14.7 Å². The highest BCUT2D eigenvalue weighted by atomic mass is 16.5. The van der Waals surface area contributed by atoms with Crippen molar-refractivity contribution in [3.8, 4) is 0 Å². The van der Waals surface area contributed by atoms with Crippen molar-refractivity contribution in [2.24, 2.45) is 0 Å². The van der Waals surface area contributed by atoms with Crippen LogP contribution in [0.15, 0.2) is 0 Å². The molecule has 1 N–H and O–H groups in total. The van der Waals surface area contributed by atoms with E-state index in [2.05, 4.69) is 6.92 Å². The van der Waals surface area contributed by atoms with Gasteiger partial charge in [-0.05, 0) is 20.5 Å². The Hall–Kier alpha value is -0.120. The van der Waals surface area contributed by atoms with Gasteiger partial charge in [0.1, 0.15) is 0 Å². The molecule has 1 unspecified atom stereocenters. The lowest BCUT2D eigenvalue weighted by Gasteiger charge is -2.15. The molecule has 0 bridgehead atoms. The average Bonchev–Trinajstić information content (AvgIpc) is 2.30. The summed E-state index contributed by atoms with van der Waals surface area (Å²) in [6, 6.07) is 0. The normalized spacial score (nSPS) is 13.2. The van der Waals surface area contributed by atoms with Crippen LogP contribution in [0, 0.1) is 0 Å². The fourth-order valence-electron chi connectivity index (χ4n) is 2.03. The van der Waals surface area contributed by atoms with Gasteiger partial charge in [-0.15, -0.1) is 0 Å². The minimum atomic E-state index is -0.353. The van der Waals surface area contributed by atoms with E-state index in [1.165, 1.54) is 44.9 Å². The predicted molar refractivity (Wildman–Crippen MR) is 78.0 cm³/mol. The Morgan fingerprint density at radius 1 is 0.944 bits per heavy atom. The number of aliphatic hydroxyl groups excluding tert-OH is 1. The van der Waals surface area contributed by atoms with Crippen LogP contribution < -0.4 is 0 Å². The van der Waals surface area contributed by atoms with Crippen molar-refractivity contribution in [3.63, 3.8) is 0 Å². The summed E-state index contributed by atoms with van der Waals surface area (Å²) in [7, 11) is 3.92. The molecular weight excluding hydrogens is 226 g/mol. The van der Waals surface area contributed by atoms with Gasteiger partial charge in [0.2, 0.25) is 0 Å². The largest absolute Gasteiger partial charge is 0.389 e. The number of hydrogen-bond acceptors (Lipinski definition) is 3. The Balaban J connectivity index is 3.07. The first kappa shape index (κ1) is 17.9. The lowest BCUT2D eigenvalue weighted by molar-refractivity contribution is 0.0229. The van der Waals surface area contributed by atoms with Crippen LogP contribution in [0.5, 0.6) is 0 Å². The number of rotatable bonds is 13. The van der Waals surface area contributed by atoms with Crippen LogP contribution in [0.25, 0.3) is 0 Å². The van der Waals surface area contributed by atoms with Crippen molar-refractivity contribution in [3.05, 3.63) is 0 Å². The molecule has 110 valence electrons. The lowest BCUT2D eigenvalue weighted by atomic mass is 10.1. The third-order valence-corrected chi connectivity index (χ3v) is 3.03. The standard InChI is InChI=1S/C15H33NO2/c1-4-5-6-7-8-9-10-11-12-18-14-15(17)13-16(2)3/h15,17H,4-14H2,1-3H3. The van der Waals surface area contributed by atoms with E-state index in [0.717, 1.165) is 13.0 Å². The number of likely N-dealkylation sites (N-methyl/N-ethyl adjacent to an activating group) is 1. The molecule has 0 saturated heterocycles. The summed E-state index contributed by atoms with van der Waals surface area (Å²) in [5.74, 6) is 0. The van der Waals surface area contributed by atoms with Crippen LogP contribution in [0.3, 0.4) is 0 Å². The van der Waals surface area contributed by atoms with Crippen LogP contribution in [0.1, 0.15) is 58.3 Å². The lowest BCUT2D eigenvalue weighted by Crippen LogP contribution is -2.29. The van der Waals surface area contributed by atoms with Crippen LogP contribution >= 0.6 is 0 Å². The minimum Gasteiger partial charge on any atom is -0.389 e. The minimum absolute atomic E-state index is 0.353. The molecule has 0 amide bonds. The SMILES string of the molecule is CCCCCCCCCCOCC(O)CN(C)C. The molecule has 1 atom stereocenters. The summed E-state index contributed by atoms with van der Waals surface area (Å²) in [5.41, 5.74) is 0. The molecule has 0 aromatic carbocycles. The molecule has 0 aromatic heterocycles. The van der Waals surface area contributed by atoms with Gasteiger partial charge in [-0.2, -0.15) is 0 Å². The molecule has 0 fully saturated rings. The zero-order chi connectivity index (χ0) is 13.6. The molecule has 0 spiro atoms. The second kappa shape index (κ2) is 13.3. The topological polar surface area (TPSA) is 32.7 Å². The van der Waals surface area contributed by atoms with E-state index in [0.29, 0.717) is 13.2 Å². The quantitative estimate of drug-likeness (QED) is 0.516. The molecule has 0 rings (SSSR count). The first-order chi connectivity index (χ1) is 8.66. The number of unbranched alkanes of at least 4 members (excludes halogenated alkanes) is 7. The van der Waals surface area contributed by atoms with E-state index in [1.54, 1.807) is 0 Å². The first-order valence-electron chi connectivity index (χ1n) is 7.57. The summed E-state index contributed by atoms with van der Waals surface area (Å²) in [6.45, 7) is 4.19. The van der Waals surface area contributed by atoms with Gasteiger partial charge >= 0.3 is 0 Å². The van der Waals surface area contributed by atoms with Crippen molar-refractivity contribution in [2.75, 3.05) is 33.9 Å². The highest BCUT2D eigenvalue weighted by molar-refractivity contribution is 4.56. The van der Waals surface area contributed by atoms with E-state index in [1.807, 2.05) is 19.0 Å². The number of hydrogen-bond donors (Lipinski definition) is 1. The first-order valence-corrected chi connectivity index (χ1v) is 7.57. The van der Waals surface area contributed by atoms with Crippen molar-refractivity contribution in [2.45, 2.75) is 64.4 Å². The second-order valence-electron chi connectivity index (χ2n) is 5.47. The van der Waals surface area contributed by atoms with Gasteiger partial charge in [0, 0.05) is 13.2 Å². The van der Waals surface area contributed by atoms with E-state index in [9.17, 15) is 5.11 Å². The van der Waals surface area contributed by atoms with Crippen molar-refractivity contribution in [1.82, 2.24) is 4.90 Å². The summed E-state index contributed by atoms with van der Waals surface area (Å²) in [6.07, 6.45) is 10.2. The highest BCUT2D eigenvalue weighted by Crippen LogP contribution is 2.08. The van der Waals surface area contributed by atoms with Crippen molar-refractivity contribution >= 4 is 0 Å². The van der Waals surface area contributed by atoms with Crippen molar-refractivity contribution < 1.29 is 9.84 Å². The molecule has 3 nitrogen and oxygen atoms in total. The van der Waals surface area contributed by atoms with Crippen LogP contribution in [-0.2, 0) is 4.74 Å². The zero-order valence-corrected chi connectivity index (χ0v) is 12.7. The maximum atomic E-state index is 9.58. The van der Waals surface area contributed by atoms with Crippen molar-refractivity contribution in [1.29, 1.82) is 0 Å².